The van der Waals surface area contributed by atoms with Gasteiger partial charge >= 0.3 is 0 Å². The lowest BCUT2D eigenvalue weighted by molar-refractivity contribution is 0.350. The average molecular weight is 223 g/mol. The molecule has 0 radical (unpaired) electrons. The minimum atomic E-state index is -0.864. The van der Waals surface area contributed by atoms with E-state index in [1.54, 1.807) is 0 Å². The fourth-order valence-electron chi connectivity index (χ4n) is 1.84. The van der Waals surface area contributed by atoms with Crippen LogP contribution in [0.2, 0.25) is 0 Å². The Balaban J connectivity index is 2.13. The van der Waals surface area contributed by atoms with E-state index in [0.29, 0.717) is 5.92 Å². The van der Waals surface area contributed by atoms with E-state index in [1.807, 2.05) is 25.1 Å². The number of nitrogen functional groups attached to an aromatic ring is 1. The van der Waals surface area contributed by atoms with E-state index in [0.717, 1.165) is 21.9 Å². The highest BCUT2D eigenvalue weighted by Crippen LogP contribution is 2.29. The second-order valence-corrected chi connectivity index (χ2v) is 5.74. The zero-order valence-corrected chi connectivity index (χ0v) is 9.85. The molecule has 0 amide bonds. The van der Waals surface area contributed by atoms with Crippen molar-refractivity contribution in [3.8, 4) is 0 Å². The topological polar surface area (TPSA) is 43.1 Å². The molecule has 1 saturated carbocycles. The molecule has 1 aromatic rings. The first-order chi connectivity index (χ1) is 7.18. The summed E-state index contributed by atoms with van der Waals surface area (Å²) in [6.45, 7) is 1.95. The zero-order chi connectivity index (χ0) is 10.8. The molecule has 0 aromatic heterocycles. The first-order valence-corrected chi connectivity index (χ1v) is 6.74. The van der Waals surface area contributed by atoms with Gasteiger partial charge in [-0.15, -0.1) is 0 Å². The Morgan fingerprint density at radius 2 is 2.20 bits per heavy atom. The van der Waals surface area contributed by atoms with Crippen LogP contribution in [0.15, 0.2) is 23.1 Å². The summed E-state index contributed by atoms with van der Waals surface area (Å²) in [5.74, 6) is 1.48. The summed E-state index contributed by atoms with van der Waals surface area (Å²) in [6.07, 6.45) is 3.79. The molecule has 1 aromatic carbocycles. The van der Waals surface area contributed by atoms with E-state index < -0.39 is 10.8 Å². The fourth-order valence-corrected chi connectivity index (χ4v) is 3.47. The highest BCUT2D eigenvalue weighted by molar-refractivity contribution is 7.85. The van der Waals surface area contributed by atoms with Gasteiger partial charge in [-0.1, -0.05) is 12.5 Å². The Morgan fingerprint density at radius 1 is 1.47 bits per heavy atom. The molecule has 0 aliphatic heterocycles. The third-order valence-corrected chi connectivity index (χ3v) is 4.89. The summed E-state index contributed by atoms with van der Waals surface area (Å²) >= 11 is 0. The van der Waals surface area contributed by atoms with Gasteiger partial charge in [-0.05, 0) is 43.4 Å². The second kappa shape index (κ2) is 4.35. The van der Waals surface area contributed by atoms with Crippen LogP contribution in [0.25, 0.3) is 0 Å². The van der Waals surface area contributed by atoms with E-state index in [4.69, 9.17) is 5.73 Å². The third-order valence-electron chi connectivity index (χ3n) is 3.18. The lowest BCUT2D eigenvalue weighted by Crippen LogP contribution is -2.19. The smallest absolute Gasteiger partial charge is 0.0535 e. The Morgan fingerprint density at radius 3 is 2.80 bits per heavy atom. The van der Waals surface area contributed by atoms with Crippen LogP contribution >= 0.6 is 0 Å². The van der Waals surface area contributed by atoms with Crippen LogP contribution in [-0.2, 0) is 10.8 Å². The molecule has 1 fully saturated rings. The van der Waals surface area contributed by atoms with Gasteiger partial charge in [0, 0.05) is 16.3 Å². The number of rotatable bonds is 3. The molecule has 0 saturated heterocycles. The minimum absolute atomic E-state index is 0.673. The van der Waals surface area contributed by atoms with Crippen molar-refractivity contribution in [3.63, 3.8) is 0 Å². The van der Waals surface area contributed by atoms with Crippen molar-refractivity contribution in [1.29, 1.82) is 0 Å². The Bertz CT molecular complexity index is 385. The molecule has 3 heteroatoms. The summed E-state index contributed by atoms with van der Waals surface area (Å²) < 4.78 is 12.1. The molecular weight excluding hydrogens is 206 g/mol. The Kier molecular flexibility index (Phi) is 3.10. The van der Waals surface area contributed by atoms with E-state index in [9.17, 15) is 4.21 Å². The normalized spacial score (nSPS) is 18.5. The zero-order valence-electron chi connectivity index (χ0n) is 9.03. The second-order valence-electron chi connectivity index (χ2n) is 4.28. The largest absolute Gasteiger partial charge is 0.398 e. The number of nitrogens with two attached hydrogens (primary N) is 1. The van der Waals surface area contributed by atoms with Gasteiger partial charge < -0.3 is 5.73 Å². The van der Waals surface area contributed by atoms with Crippen molar-refractivity contribution in [2.75, 3.05) is 11.5 Å². The number of hydrogen-bond donors (Lipinski definition) is 1. The molecular formula is C12H17NOS. The van der Waals surface area contributed by atoms with E-state index >= 15 is 0 Å². The highest BCUT2D eigenvalue weighted by atomic mass is 32.2. The van der Waals surface area contributed by atoms with E-state index in [2.05, 4.69) is 0 Å². The number of benzene rings is 1. The Labute approximate surface area is 93.3 Å². The van der Waals surface area contributed by atoms with Crippen molar-refractivity contribution in [3.05, 3.63) is 23.8 Å². The number of anilines is 1. The standard InChI is InChI=1S/C12H17NOS/c1-9-11(13)6-3-7-12(9)15(14)8-10-4-2-5-10/h3,6-7,10H,2,4-5,8,13H2,1H3. The van der Waals surface area contributed by atoms with Crippen LogP contribution in [0.3, 0.4) is 0 Å². The molecule has 1 aliphatic rings. The molecule has 82 valence electrons. The predicted octanol–water partition coefficient (Wildman–Crippen LogP) is 2.48. The maximum atomic E-state index is 12.1. The Hall–Kier alpha value is -0.830. The van der Waals surface area contributed by atoms with Crippen LogP contribution in [-0.4, -0.2) is 9.96 Å². The maximum absolute atomic E-state index is 12.1. The van der Waals surface area contributed by atoms with Gasteiger partial charge in [-0.3, -0.25) is 4.21 Å². The summed E-state index contributed by atoms with van der Waals surface area (Å²) in [7, 11) is -0.864. The van der Waals surface area contributed by atoms with Crippen LogP contribution in [0, 0.1) is 12.8 Å². The van der Waals surface area contributed by atoms with Gasteiger partial charge in [0.1, 0.15) is 0 Å². The van der Waals surface area contributed by atoms with E-state index in [-0.39, 0.29) is 0 Å². The molecule has 15 heavy (non-hydrogen) atoms. The van der Waals surface area contributed by atoms with E-state index in [1.165, 1.54) is 19.3 Å². The first kappa shape index (κ1) is 10.7. The molecule has 0 bridgehead atoms. The molecule has 0 heterocycles. The SMILES string of the molecule is Cc1c(N)cccc1S(=O)CC1CCC1. The first-order valence-electron chi connectivity index (χ1n) is 5.42. The summed E-state index contributed by atoms with van der Waals surface area (Å²) in [6, 6.07) is 5.68. The maximum Gasteiger partial charge on any atom is 0.0535 e. The van der Waals surface area contributed by atoms with Crippen LogP contribution in [0.1, 0.15) is 24.8 Å². The molecule has 2 nitrogen and oxygen atoms in total. The molecule has 1 aliphatic carbocycles. The van der Waals surface area contributed by atoms with Gasteiger partial charge in [0.25, 0.3) is 0 Å². The van der Waals surface area contributed by atoms with Gasteiger partial charge in [-0.25, -0.2) is 0 Å². The molecule has 0 spiro atoms. The molecule has 2 rings (SSSR count). The summed E-state index contributed by atoms with van der Waals surface area (Å²) in [4.78, 5) is 0.918. The van der Waals surface area contributed by atoms with Crippen LogP contribution in [0.5, 0.6) is 0 Å². The van der Waals surface area contributed by atoms with Crippen molar-refractivity contribution < 1.29 is 4.21 Å². The predicted molar refractivity (Wildman–Crippen MR) is 64.2 cm³/mol. The third kappa shape index (κ3) is 2.23. The van der Waals surface area contributed by atoms with Crippen LogP contribution < -0.4 is 5.73 Å². The van der Waals surface area contributed by atoms with Gasteiger partial charge in [-0.2, -0.15) is 0 Å². The van der Waals surface area contributed by atoms with Gasteiger partial charge in [0.05, 0.1) is 10.8 Å². The number of hydrogen-bond acceptors (Lipinski definition) is 2. The lowest BCUT2D eigenvalue weighted by Gasteiger charge is -2.24. The lowest BCUT2D eigenvalue weighted by atomic mass is 9.87. The molecule has 1 unspecified atom stereocenters. The highest BCUT2D eigenvalue weighted by Gasteiger charge is 2.21. The van der Waals surface area contributed by atoms with Crippen molar-refractivity contribution in [2.24, 2.45) is 5.92 Å². The van der Waals surface area contributed by atoms with Crippen molar-refractivity contribution in [1.82, 2.24) is 0 Å². The van der Waals surface area contributed by atoms with Crippen molar-refractivity contribution in [2.45, 2.75) is 31.1 Å². The van der Waals surface area contributed by atoms with Gasteiger partial charge in [0.15, 0.2) is 0 Å². The van der Waals surface area contributed by atoms with Crippen molar-refractivity contribution >= 4 is 16.5 Å². The van der Waals surface area contributed by atoms with Gasteiger partial charge in [0.2, 0.25) is 0 Å². The summed E-state index contributed by atoms with van der Waals surface area (Å²) in [5, 5.41) is 0. The minimum Gasteiger partial charge on any atom is -0.398 e. The molecule has 1 atom stereocenters. The summed E-state index contributed by atoms with van der Waals surface area (Å²) in [5.41, 5.74) is 7.53. The van der Waals surface area contributed by atoms with Crippen LogP contribution in [0.4, 0.5) is 5.69 Å². The monoisotopic (exact) mass is 223 g/mol. The average Bonchev–Trinajstić information content (AvgIpc) is 2.15. The molecule has 2 N–H and O–H groups in total. The fraction of sp³-hybridized carbons (Fsp3) is 0.500. The quantitative estimate of drug-likeness (QED) is 0.800.